The summed E-state index contributed by atoms with van der Waals surface area (Å²) in [6.45, 7) is 9.87. The second-order valence-electron chi connectivity index (χ2n) is 5.17. The van der Waals surface area contributed by atoms with E-state index in [1.807, 2.05) is 13.1 Å². The van der Waals surface area contributed by atoms with E-state index in [0.29, 0.717) is 0 Å². The molecule has 0 saturated heterocycles. The summed E-state index contributed by atoms with van der Waals surface area (Å²) in [6, 6.07) is 0. The van der Waals surface area contributed by atoms with Gasteiger partial charge in [0.25, 0.3) is 0 Å². The van der Waals surface area contributed by atoms with Gasteiger partial charge in [-0.2, -0.15) is 0 Å². The van der Waals surface area contributed by atoms with Crippen LogP contribution >= 0.6 is 0 Å². The van der Waals surface area contributed by atoms with Crippen LogP contribution in [0.3, 0.4) is 0 Å². The molecule has 4 heteroatoms. The van der Waals surface area contributed by atoms with Crippen molar-refractivity contribution in [3.8, 4) is 0 Å². The fourth-order valence-electron chi connectivity index (χ4n) is 1.02. The molecular formula is C9H22O3Si. The van der Waals surface area contributed by atoms with Crippen molar-refractivity contribution in [2.45, 2.75) is 50.7 Å². The summed E-state index contributed by atoms with van der Waals surface area (Å²) in [5.41, 5.74) is -0.766. The van der Waals surface area contributed by atoms with Crippen LogP contribution < -0.4 is 0 Å². The average Bonchev–Trinajstić information content (AvgIpc) is 1.99. The Balaban J connectivity index is 4.63. The topological polar surface area (TPSA) is 60.7 Å². The largest absolute Gasteiger partial charge is 0.394 e. The smallest absolute Gasteiger partial charge is 0.0999 e. The van der Waals surface area contributed by atoms with E-state index in [4.69, 9.17) is 5.11 Å². The number of hydrogen-bond donors (Lipinski definition) is 3. The molecule has 0 heterocycles. The molecule has 80 valence electrons. The van der Waals surface area contributed by atoms with Gasteiger partial charge in [-0.1, -0.05) is 33.9 Å². The van der Waals surface area contributed by atoms with E-state index in [-0.39, 0.29) is 11.6 Å². The van der Waals surface area contributed by atoms with E-state index < -0.39 is 19.9 Å². The van der Waals surface area contributed by atoms with Crippen LogP contribution in [0.4, 0.5) is 0 Å². The van der Waals surface area contributed by atoms with Gasteiger partial charge in [-0.3, -0.25) is 0 Å². The van der Waals surface area contributed by atoms with Gasteiger partial charge in [0.15, 0.2) is 0 Å². The highest BCUT2D eigenvalue weighted by Gasteiger charge is 2.44. The molecule has 0 aliphatic rings. The Morgan fingerprint density at radius 1 is 1.15 bits per heavy atom. The van der Waals surface area contributed by atoms with Crippen molar-refractivity contribution in [1.82, 2.24) is 0 Å². The molecule has 3 nitrogen and oxygen atoms in total. The van der Waals surface area contributed by atoms with Gasteiger partial charge in [0.1, 0.15) is 0 Å². The van der Waals surface area contributed by atoms with Crippen molar-refractivity contribution in [2.24, 2.45) is 0 Å². The zero-order valence-electron chi connectivity index (χ0n) is 9.20. The van der Waals surface area contributed by atoms with Gasteiger partial charge in [-0.25, -0.2) is 0 Å². The quantitative estimate of drug-likeness (QED) is 0.597. The third-order valence-electron chi connectivity index (χ3n) is 3.22. The molecule has 0 aromatic carbocycles. The average molecular weight is 206 g/mol. The molecule has 2 atom stereocenters. The molecular weight excluding hydrogens is 184 g/mol. The van der Waals surface area contributed by atoms with Crippen LogP contribution in [0.15, 0.2) is 0 Å². The number of rotatable bonds is 3. The van der Waals surface area contributed by atoms with E-state index in [1.54, 1.807) is 0 Å². The normalized spacial score (nSPS) is 18.5. The molecule has 0 aliphatic carbocycles. The maximum Gasteiger partial charge on any atom is 0.0999 e. The van der Waals surface area contributed by atoms with Gasteiger partial charge in [0.2, 0.25) is 0 Å². The van der Waals surface area contributed by atoms with Crippen molar-refractivity contribution in [2.75, 3.05) is 6.61 Å². The summed E-state index contributed by atoms with van der Waals surface area (Å²) in [5.74, 6) is 0. The van der Waals surface area contributed by atoms with Gasteiger partial charge in [0, 0.05) is 0 Å². The van der Waals surface area contributed by atoms with E-state index >= 15 is 0 Å². The van der Waals surface area contributed by atoms with Gasteiger partial charge in [-0.05, 0) is 5.04 Å². The van der Waals surface area contributed by atoms with Gasteiger partial charge in [-0.15, -0.1) is 0 Å². The lowest BCUT2D eigenvalue weighted by atomic mass is 10.2. The van der Waals surface area contributed by atoms with Crippen LogP contribution in [0.25, 0.3) is 0 Å². The molecule has 13 heavy (non-hydrogen) atoms. The number of aliphatic hydroxyl groups is 3. The minimum atomic E-state index is -1.95. The maximum absolute atomic E-state index is 9.83. The molecule has 2 unspecified atom stereocenters. The Labute approximate surface area is 81.4 Å². The summed E-state index contributed by atoms with van der Waals surface area (Å²) < 4.78 is 0. The van der Waals surface area contributed by atoms with Gasteiger partial charge >= 0.3 is 0 Å². The van der Waals surface area contributed by atoms with Gasteiger partial charge < -0.3 is 15.3 Å². The predicted molar refractivity (Wildman–Crippen MR) is 56.3 cm³/mol. The first-order valence-electron chi connectivity index (χ1n) is 4.61. The lowest BCUT2D eigenvalue weighted by Gasteiger charge is -2.41. The summed E-state index contributed by atoms with van der Waals surface area (Å²) in [6.07, 6.45) is -0.999. The van der Waals surface area contributed by atoms with E-state index in [9.17, 15) is 10.2 Å². The zero-order valence-corrected chi connectivity index (χ0v) is 10.2. The molecule has 0 amide bonds. The Bertz CT molecular complexity index is 163. The Morgan fingerprint density at radius 3 is 1.77 bits per heavy atom. The SMILES string of the molecule is CC(C)(C)[Si](C)(C)C(O)C(O)CO. The second-order valence-corrected chi connectivity index (χ2v) is 10.7. The standard InChI is InChI=1S/C9H22O3Si/c1-9(2,3)13(4,5)8(12)7(11)6-10/h7-8,10-12H,6H2,1-5H3. The molecule has 0 fully saturated rings. The van der Waals surface area contributed by atoms with Crippen LogP contribution in [0, 0.1) is 0 Å². The van der Waals surface area contributed by atoms with Crippen molar-refractivity contribution < 1.29 is 15.3 Å². The molecule has 3 N–H and O–H groups in total. The van der Waals surface area contributed by atoms with E-state index in [0.717, 1.165) is 0 Å². The van der Waals surface area contributed by atoms with Crippen molar-refractivity contribution in [1.29, 1.82) is 0 Å². The first-order chi connectivity index (χ1) is 5.64. The lowest BCUT2D eigenvalue weighted by molar-refractivity contribution is 0.0179. The summed E-state index contributed by atoms with van der Waals surface area (Å²) in [7, 11) is -1.95. The Hall–Kier alpha value is 0.0969. The summed E-state index contributed by atoms with van der Waals surface area (Å²) in [4.78, 5) is 0. The van der Waals surface area contributed by atoms with Gasteiger partial charge in [0.05, 0.1) is 26.5 Å². The first kappa shape index (κ1) is 13.1. The molecule has 0 spiro atoms. The van der Waals surface area contributed by atoms with Crippen LogP contribution in [-0.4, -0.2) is 41.8 Å². The molecule has 0 radical (unpaired) electrons. The van der Waals surface area contributed by atoms with Crippen molar-refractivity contribution in [3.05, 3.63) is 0 Å². The molecule has 0 aliphatic heterocycles. The number of aliphatic hydroxyl groups excluding tert-OH is 3. The fraction of sp³-hybridized carbons (Fsp3) is 1.00. The highest BCUT2D eigenvalue weighted by molar-refractivity contribution is 6.81. The molecule has 0 aromatic heterocycles. The van der Waals surface area contributed by atoms with Crippen LogP contribution in [-0.2, 0) is 0 Å². The molecule has 0 bridgehead atoms. The second kappa shape index (κ2) is 4.08. The zero-order chi connectivity index (χ0) is 10.9. The van der Waals surface area contributed by atoms with Crippen LogP contribution in [0.1, 0.15) is 20.8 Å². The number of hydrogen-bond acceptors (Lipinski definition) is 3. The van der Waals surface area contributed by atoms with E-state index in [2.05, 4.69) is 20.8 Å². The minimum Gasteiger partial charge on any atom is -0.394 e. The summed E-state index contributed by atoms with van der Waals surface area (Å²) >= 11 is 0. The van der Waals surface area contributed by atoms with E-state index in [1.165, 1.54) is 0 Å². The molecule has 0 rings (SSSR count). The Kier molecular flexibility index (Phi) is 4.12. The predicted octanol–water partition coefficient (Wildman–Crippen LogP) is 0.748. The summed E-state index contributed by atoms with van der Waals surface area (Å²) in [5, 5.41) is 28.0. The van der Waals surface area contributed by atoms with Crippen molar-refractivity contribution in [3.63, 3.8) is 0 Å². The Morgan fingerprint density at radius 2 is 1.54 bits per heavy atom. The third-order valence-corrected chi connectivity index (χ3v) is 8.95. The third kappa shape index (κ3) is 2.77. The maximum atomic E-state index is 9.83. The first-order valence-corrected chi connectivity index (χ1v) is 7.69. The van der Waals surface area contributed by atoms with Crippen LogP contribution in [0.5, 0.6) is 0 Å². The monoisotopic (exact) mass is 206 g/mol. The molecule has 0 aromatic rings. The minimum absolute atomic E-state index is 0.0164. The highest BCUT2D eigenvalue weighted by atomic mass is 28.3. The lowest BCUT2D eigenvalue weighted by Crippen LogP contribution is -2.55. The van der Waals surface area contributed by atoms with Crippen LogP contribution in [0.2, 0.25) is 18.1 Å². The fourth-order valence-corrected chi connectivity index (χ4v) is 2.98. The van der Waals surface area contributed by atoms with Crippen molar-refractivity contribution >= 4 is 8.07 Å². The highest BCUT2D eigenvalue weighted by Crippen LogP contribution is 2.38. The molecule has 0 saturated carbocycles.